The van der Waals surface area contributed by atoms with Crippen LogP contribution in [0.1, 0.15) is 11.3 Å². The van der Waals surface area contributed by atoms with Gasteiger partial charge in [-0.2, -0.15) is 0 Å². The molecule has 2 aromatic rings. The first-order valence-corrected chi connectivity index (χ1v) is 5.10. The molecular weight excluding hydrogens is 225 g/mol. The molecule has 4 nitrogen and oxygen atoms in total. The van der Waals surface area contributed by atoms with Crippen molar-refractivity contribution in [2.45, 2.75) is 13.3 Å². The molecule has 0 fully saturated rings. The Morgan fingerprint density at radius 2 is 2.12 bits per heavy atom. The second kappa shape index (κ2) is 3.76. The second-order valence-corrected chi connectivity index (χ2v) is 3.99. The smallest absolute Gasteiger partial charge is 0.307 e. The Labute approximate surface area is 96.9 Å². The number of aromatic hydroxyl groups is 1. The predicted molar refractivity (Wildman–Crippen MR) is 60.6 cm³/mol. The summed E-state index contributed by atoms with van der Waals surface area (Å²) in [6.45, 7) is 1.73. The quantitative estimate of drug-likeness (QED) is 0.839. The van der Waals surface area contributed by atoms with Crippen LogP contribution in [0.3, 0.4) is 0 Å². The van der Waals surface area contributed by atoms with E-state index in [1.54, 1.807) is 24.6 Å². The van der Waals surface area contributed by atoms with Crippen molar-refractivity contribution in [3.05, 3.63) is 29.2 Å². The number of phenols is 1. The van der Waals surface area contributed by atoms with Gasteiger partial charge in [-0.25, -0.2) is 4.39 Å². The van der Waals surface area contributed by atoms with Crippen molar-refractivity contribution in [3.63, 3.8) is 0 Å². The van der Waals surface area contributed by atoms with E-state index in [4.69, 9.17) is 5.11 Å². The van der Waals surface area contributed by atoms with Gasteiger partial charge in [-0.15, -0.1) is 0 Å². The number of carboxylic acid groups (broad SMARTS) is 1. The second-order valence-electron chi connectivity index (χ2n) is 3.99. The summed E-state index contributed by atoms with van der Waals surface area (Å²) in [5.41, 5.74) is 1.67. The summed E-state index contributed by atoms with van der Waals surface area (Å²) in [7, 11) is 1.74. The first-order chi connectivity index (χ1) is 7.93. The lowest BCUT2D eigenvalue weighted by molar-refractivity contribution is -0.136. The number of phenolic OH excluding ortho intramolecular Hbond substituents is 1. The van der Waals surface area contributed by atoms with Gasteiger partial charge < -0.3 is 14.8 Å². The van der Waals surface area contributed by atoms with Crippen LogP contribution in [0.5, 0.6) is 5.75 Å². The van der Waals surface area contributed by atoms with Gasteiger partial charge in [0.25, 0.3) is 0 Å². The Morgan fingerprint density at radius 1 is 1.47 bits per heavy atom. The third-order valence-corrected chi connectivity index (χ3v) is 3.03. The number of hydrogen-bond donors (Lipinski definition) is 2. The van der Waals surface area contributed by atoms with Gasteiger partial charge in [-0.05, 0) is 24.6 Å². The van der Waals surface area contributed by atoms with Crippen molar-refractivity contribution in [1.29, 1.82) is 0 Å². The van der Waals surface area contributed by atoms with Crippen molar-refractivity contribution in [2.24, 2.45) is 7.05 Å². The summed E-state index contributed by atoms with van der Waals surface area (Å²) < 4.78 is 15.6. The Kier molecular flexibility index (Phi) is 2.53. The van der Waals surface area contributed by atoms with E-state index < -0.39 is 17.5 Å². The van der Waals surface area contributed by atoms with Gasteiger partial charge in [0.1, 0.15) is 0 Å². The molecule has 0 unspecified atom stereocenters. The zero-order chi connectivity index (χ0) is 12.7. The standard InChI is InChI=1S/C12H12FNO3/c1-6-7(5-10(16)17)11-8(14(6)2)3-4-9(15)12(11)13/h3-4,15H,5H2,1-2H3,(H,16,17). The van der Waals surface area contributed by atoms with Crippen LogP contribution in [0, 0.1) is 12.7 Å². The molecule has 0 saturated heterocycles. The maximum atomic E-state index is 13.8. The molecule has 0 aliphatic heterocycles. The normalized spacial score (nSPS) is 11.0. The Hall–Kier alpha value is -2.04. The largest absolute Gasteiger partial charge is 0.505 e. The number of fused-ring (bicyclic) bond motifs is 1. The molecule has 1 aromatic heterocycles. The van der Waals surface area contributed by atoms with Crippen molar-refractivity contribution in [2.75, 3.05) is 0 Å². The zero-order valence-corrected chi connectivity index (χ0v) is 9.49. The molecule has 0 bridgehead atoms. The molecule has 0 atom stereocenters. The number of aryl methyl sites for hydroxylation is 1. The number of carbonyl (C=O) groups is 1. The maximum absolute atomic E-state index is 13.8. The molecule has 90 valence electrons. The first-order valence-electron chi connectivity index (χ1n) is 5.10. The molecule has 2 N–H and O–H groups in total. The van der Waals surface area contributed by atoms with Crippen LogP contribution >= 0.6 is 0 Å². The third kappa shape index (κ3) is 1.63. The van der Waals surface area contributed by atoms with Gasteiger partial charge in [-0.1, -0.05) is 0 Å². The van der Waals surface area contributed by atoms with Gasteiger partial charge in [0.05, 0.1) is 11.9 Å². The maximum Gasteiger partial charge on any atom is 0.307 e. The Bertz CT molecular complexity index is 616. The molecule has 0 aliphatic rings. The fraction of sp³-hybridized carbons (Fsp3) is 0.250. The summed E-state index contributed by atoms with van der Waals surface area (Å²) in [6, 6.07) is 2.84. The van der Waals surface area contributed by atoms with Gasteiger partial charge in [0, 0.05) is 18.1 Å². The molecule has 0 radical (unpaired) electrons. The van der Waals surface area contributed by atoms with Gasteiger partial charge >= 0.3 is 5.97 Å². The van der Waals surface area contributed by atoms with Crippen LogP contribution in [-0.2, 0) is 18.3 Å². The minimum Gasteiger partial charge on any atom is -0.505 e. The minimum atomic E-state index is -1.02. The number of benzene rings is 1. The number of aromatic nitrogens is 1. The molecule has 0 saturated carbocycles. The lowest BCUT2D eigenvalue weighted by Gasteiger charge is -2.00. The highest BCUT2D eigenvalue weighted by Gasteiger charge is 2.19. The van der Waals surface area contributed by atoms with Crippen molar-refractivity contribution < 1.29 is 19.4 Å². The lowest BCUT2D eigenvalue weighted by Crippen LogP contribution is -2.02. The topological polar surface area (TPSA) is 62.5 Å². The van der Waals surface area contributed by atoms with Gasteiger partial charge in [0.2, 0.25) is 0 Å². The molecule has 1 heterocycles. The number of aliphatic carboxylic acids is 1. The van der Waals surface area contributed by atoms with E-state index in [9.17, 15) is 14.3 Å². The van der Waals surface area contributed by atoms with E-state index in [0.717, 1.165) is 0 Å². The van der Waals surface area contributed by atoms with E-state index in [0.29, 0.717) is 16.8 Å². The van der Waals surface area contributed by atoms with Crippen LogP contribution in [0.15, 0.2) is 12.1 Å². The molecule has 1 aromatic carbocycles. The average molecular weight is 237 g/mol. The lowest BCUT2D eigenvalue weighted by atomic mass is 10.1. The van der Waals surface area contributed by atoms with Crippen LogP contribution in [0.2, 0.25) is 0 Å². The van der Waals surface area contributed by atoms with Crippen LogP contribution in [-0.4, -0.2) is 20.7 Å². The van der Waals surface area contributed by atoms with Crippen LogP contribution in [0.4, 0.5) is 4.39 Å². The highest BCUT2D eigenvalue weighted by molar-refractivity contribution is 5.90. The summed E-state index contributed by atoms with van der Waals surface area (Å²) in [5.74, 6) is -2.25. The van der Waals surface area contributed by atoms with Crippen molar-refractivity contribution in [1.82, 2.24) is 4.57 Å². The van der Waals surface area contributed by atoms with E-state index in [1.807, 2.05) is 0 Å². The van der Waals surface area contributed by atoms with Crippen molar-refractivity contribution in [3.8, 4) is 5.75 Å². The van der Waals surface area contributed by atoms with Crippen molar-refractivity contribution >= 4 is 16.9 Å². The van der Waals surface area contributed by atoms with E-state index in [-0.39, 0.29) is 11.8 Å². The highest BCUT2D eigenvalue weighted by atomic mass is 19.1. The van der Waals surface area contributed by atoms with Crippen LogP contribution < -0.4 is 0 Å². The summed E-state index contributed by atoms with van der Waals surface area (Å²) in [5, 5.41) is 18.4. The highest BCUT2D eigenvalue weighted by Crippen LogP contribution is 2.32. The number of halogens is 1. The molecule has 0 spiro atoms. The molecule has 0 aliphatic carbocycles. The fourth-order valence-electron chi connectivity index (χ4n) is 2.05. The predicted octanol–water partition coefficient (Wildman–Crippen LogP) is 1.96. The van der Waals surface area contributed by atoms with E-state index in [1.165, 1.54) is 6.07 Å². The number of hydrogen-bond acceptors (Lipinski definition) is 2. The van der Waals surface area contributed by atoms with Gasteiger partial charge in [-0.3, -0.25) is 4.79 Å². The SMILES string of the molecule is Cc1c(CC(=O)O)c2c(F)c(O)ccc2n1C. The summed E-state index contributed by atoms with van der Waals surface area (Å²) in [4.78, 5) is 10.8. The monoisotopic (exact) mass is 237 g/mol. The molecule has 17 heavy (non-hydrogen) atoms. The molecule has 0 amide bonds. The third-order valence-electron chi connectivity index (χ3n) is 3.03. The molecule has 2 rings (SSSR count). The minimum absolute atomic E-state index is 0.187. The number of carboxylic acids is 1. The molecule has 5 heteroatoms. The first kappa shape index (κ1) is 11.4. The zero-order valence-electron chi connectivity index (χ0n) is 9.49. The number of nitrogens with zero attached hydrogens (tertiary/aromatic N) is 1. The van der Waals surface area contributed by atoms with E-state index >= 15 is 0 Å². The molecular formula is C12H12FNO3. The summed E-state index contributed by atoms with van der Waals surface area (Å²) >= 11 is 0. The average Bonchev–Trinajstić information content (AvgIpc) is 2.49. The van der Waals surface area contributed by atoms with E-state index in [2.05, 4.69) is 0 Å². The number of rotatable bonds is 2. The Morgan fingerprint density at radius 3 is 2.71 bits per heavy atom. The van der Waals surface area contributed by atoms with Crippen LogP contribution in [0.25, 0.3) is 10.9 Å². The fourth-order valence-corrected chi connectivity index (χ4v) is 2.05. The van der Waals surface area contributed by atoms with Gasteiger partial charge in [0.15, 0.2) is 11.6 Å². The Balaban J connectivity index is 2.85. The summed E-state index contributed by atoms with van der Waals surface area (Å²) in [6.07, 6.45) is -0.260.